The summed E-state index contributed by atoms with van der Waals surface area (Å²) >= 11 is 0. The van der Waals surface area contributed by atoms with E-state index in [1.165, 1.54) is 11.3 Å². The number of rotatable bonds is 9. The summed E-state index contributed by atoms with van der Waals surface area (Å²) in [5.74, 6) is 0.701. The number of nitrogens with zero attached hydrogens (tertiary/aromatic N) is 3. The number of aliphatic imine (C=N–C) groups is 1. The minimum atomic E-state index is -3.32. The number of hydrogen-bond acceptors (Lipinski definition) is 4. The van der Waals surface area contributed by atoms with Crippen LogP contribution < -0.4 is 15.4 Å². The molecule has 32 heavy (non-hydrogen) atoms. The van der Waals surface area contributed by atoms with Gasteiger partial charge in [0.2, 0.25) is 10.0 Å². The first-order chi connectivity index (χ1) is 14.5. The summed E-state index contributed by atoms with van der Waals surface area (Å²) in [5, 5.41) is 11.2. The van der Waals surface area contributed by atoms with Crippen LogP contribution in [-0.2, 0) is 35.8 Å². The van der Waals surface area contributed by atoms with Crippen molar-refractivity contribution < 1.29 is 8.42 Å². The summed E-state index contributed by atoms with van der Waals surface area (Å²) in [7, 11) is 0.391. The van der Waals surface area contributed by atoms with Gasteiger partial charge in [0.15, 0.2) is 5.96 Å². The van der Waals surface area contributed by atoms with E-state index in [2.05, 4.69) is 39.3 Å². The Morgan fingerprint density at radius 3 is 2.22 bits per heavy atom. The molecule has 0 bridgehead atoms. The molecule has 0 radical (unpaired) electrons. The zero-order valence-corrected chi connectivity index (χ0v) is 23.2. The maximum atomic E-state index is 12.1. The molecule has 8 nitrogen and oxygen atoms in total. The van der Waals surface area contributed by atoms with E-state index in [4.69, 9.17) is 0 Å². The van der Waals surface area contributed by atoms with Gasteiger partial charge in [-0.25, -0.2) is 13.1 Å². The summed E-state index contributed by atoms with van der Waals surface area (Å²) in [4.78, 5) is 4.31. The third-order valence-electron chi connectivity index (χ3n) is 5.03. The number of hydrogen-bond donors (Lipinski definition) is 3. The molecule has 0 aliphatic carbocycles. The van der Waals surface area contributed by atoms with Crippen molar-refractivity contribution in [2.45, 2.75) is 65.4 Å². The molecular weight excluding hydrogens is 539 g/mol. The average Bonchev–Trinajstić information content (AvgIpc) is 2.91. The van der Waals surface area contributed by atoms with Gasteiger partial charge in [0.1, 0.15) is 0 Å². The quantitative estimate of drug-likeness (QED) is 0.242. The molecule has 10 heteroatoms. The van der Waals surface area contributed by atoms with Crippen LogP contribution >= 0.6 is 24.0 Å². The van der Waals surface area contributed by atoms with E-state index >= 15 is 0 Å². The second kappa shape index (κ2) is 12.5. The number of benzene rings is 1. The van der Waals surface area contributed by atoms with Crippen molar-refractivity contribution in [1.29, 1.82) is 0 Å². The fraction of sp³-hybridized carbons (Fsp3) is 0.545. The second-order valence-electron chi connectivity index (χ2n) is 8.30. The van der Waals surface area contributed by atoms with Gasteiger partial charge in [-0.3, -0.25) is 9.67 Å². The SMILES string of the molecule is CN=C(NCc1ccc(CS(=O)(=O)NC(C)C)cc1)NC(C)Cc1c(C)nn(C)c1C.I. The lowest BCUT2D eigenvalue weighted by Crippen LogP contribution is -2.42. The van der Waals surface area contributed by atoms with E-state index in [-0.39, 0.29) is 41.8 Å². The number of sulfonamides is 1. The van der Waals surface area contributed by atoms with E-state index in [0.29, 0.717) is 6.54 Å². The van der Waals surface area contributed by atoms with Gasteiger partial charge >= 0.3 is 0 Å². The maximum Gasteiger partial charge on any atom is 0.216 e. The Morgan fingerprint density at radius 2 is 1.72 bits per heavy atom. The van der Waals surface area contributed by atoms with Crippen molar-refractivity contribution in [2.75, 3.05) is 7.05 Å². The summed E-state index contributed by atoms with van der Waals surface area (Å²) < 4.78 is 28.7. The molecular formula is C22H37IN6O2S. The Labute approximate surface area is 209 Å². The zero-order valence-electron chi connectivity index (χ0n) is 20.1. The number of nitrogens with one attached hydrogen (secondary N) is 3. The fourth-order valence-corrected chi connectivity index (χ4v) is 4.89. The number of halogens is 1. The minimum Gasteiger partial charge on any atom is -0.354 e. The van der Waals surface area contributed by atoms with Crippen molar-refractivity contribution >= 4 is 40.0 Å². The highest BCUT2D eigenvalue weighted by Crippen LogP contribution is 2.14. The monoisotopic (exact) mass is 576 g/mol. The Balaban J connectivity index is 0.00000512. The van der Waals surface area contributed by atoms with E-state index in [1.54, 1.807) is 7.05 Å². The molecule has 1 unspecified atom stereocenters. The standard InChI is InChI=1S/C22H36N6O2S.HI/c1-15(2)27-31(29,30)14-20-10-8-19(9-11-20)13-24-22(23-6)25-16(3)12-21-17(4)26-28(7)18(21)5;/h8-11,15-16,27H,12-14H2,1-7H3,(H2,23,24,25);1H. The smallest absolute Gasteiger partial charge is 0.216 e. The van der Waals surface area contributed by atoms with Gasteiger partial charge in [-0.2, -0.15) is 5.10 Å². The van der Waals surface area contributed by atoms with Crippen LogP contribution in [0.15, 0.2) is 29.3 Å². The van der Waals surface area contributed by atoms with Crippen molar-refractivity contribution in [3.05, 3.63) is 52.3 Å². The zero-order chi connectivity index (χ0) is 23.2. The lowest BCUT2D eigenvalue weighted by atomic mass is 10.1. The van der Waals surface area contributed by atoms with Crippen LogP contribution in [0.25, 0.3) is 0 Å². The van der Waals surface area contributed by atoms with E-state index in [1.807, 2.05) is 56.8 Å². The highest BCUT2D eigenvalue weighted by molar-refractivity contribution is 14.0. The first kappa shape index (κ1) is 28.4. The third-order valence-corrected chi connectivity index (χ3v) is 6.57. The molecule has 1 heterocycles. The minimum absolute atomic E-state index is 0. The normalized spacial score (nSPS) is 13.1. The number of aromatic nitrogens is 2. The average molecular weight is 577 g/mol. The van der Waals surface area contributed by atoms with Crippen molar-refractivity contribution in [3.8, 4) is 0 Å². The van der Waals surface area contributed by atoms with Crippen LogP contribution in [-0.4, -0.2) is 43.3 Å². The summed E-state index contributed by atoms with van der Waals surface area (Å²) in [6, 6.07) is 7.65. The maximum absolute atomic E-state index is 12.1. The third kappa shape index (κ3) is 8.70. The van der Waals surface area contributed by atoms with Crippen molar-refractivity contribution in [3.63, 3.8) is 0 Å². The van der Waals surface area contributed by atoms with Crippen molar-refractivity contribution in [1.82, 2.24) is 25.1 Å². The highest BCUT2D eigenvalue weighted by atomic mass is 127. The van der Waals surface area contributed by atoms with Gasteiger partial charge in [-0.15, -0.1) is 24.0 Å². The van der Waals surface area contributed by atoms with Crippen LogP contribution in [0.4, 0.5) is 0 Å². The number of aryl methyl sites for hydroxylation is 2. The molecule has 2 aromatic rings. The van der Waals surface area contributed by atoms with Gasteiger partial charge in [0.25, 0.3) is 0 Å². The predicted octanol–water partition coefficient (Wildman–Crippen LogP) is 2.78. The van der Waals surface area contributed by atoms with Crippen LogP contribution in [0, 0.1) is 13.8 Å². The molecule has 180 valence electrons. The van der Waals surface area contributed by atoms with Crippen LogP contribution in [0.3, 0.4) is 0 Å². The summed E-state index contributed by atoms with van der Waals surface area (Å²) in [5.41, 5.74) is 5.31. The lowest BCUT2D eigenvalue weighted by Gasteiger charge is -2.18. The molecule has 0 fully saturated rings. The second-order valence-corrected chi connectivity index (χ2v) is 10.1. The molecule has 1 aromatic carbocycles. The lowest BCUT2D eigenvalue weighted by molar-refractivity contribution is 0.569. The molecule has 3 N–H and O–H groups in total. The first-order valence-corrected chi connectivity index (χ1v) is 12.2. The number of guanidine groups is 1. The Hall–Kier alpha value is -1.66. The predicted molar refractivity (Wildman–Crippen MR) is 142 cm³/mol. The van der Waals surface area contributed by atoms with Gasteiger partial charge in [-0.1, -0.05) is 24.3 Å². The summed E-state index contributed by atoms with van der Waals surface area (Å²) in [6.45, 7) is 10.5. The van der Waals surface area contributed by atoms with Gasteiger partial charge in [0.05, 0.1) is 11.4 Å². The molecule has 0 saturated heterocycles. The molecule has 1 aromatic heterocycles. The van der Waals surface area contributed by atoms with E-state index in [0.717, 1.165) is 29.2 Å². The van der Waals surface area contributed by atoms with Crippen LogP contribution in [0.1, 0.15) is 48.8 Å². The Bertz CT molecular complexity index is 1000. The van der Waals surface area contributed by atoms with Gasteiger partial charge < -0.3 is 10.6 Å². The molecule has 0 saturated carbocycles. The largest absolute Gasteiger partial charge is 0.354 e. The van der Waals surface area contributed by atoms with E-state index < -0.39 is 10.0 Å². The Kier molecular flexibility index (Phi) is 11.1. The molecule has 0 amide bonds. The summed E-state index contributed by atoms with van der Waals surface area (Å²) in [6.07, 6.45) is 0.861. The molecule has 1 atom stereocenters. The van der Waals surface area contributed by atoms with Crippen molar-refractivity contribution in [2.24, 2.45) is 12.0 Å². The molecule has 0 spiro atoms. The Morgan fingerprint density at radius 1 is 1.12 bits per heavy atom. The molecule has 0 aliphatic rings. The molecule has 2 rings (SSSR count). The molecule has 0 aliphatic heterocycles. The topological polar surface area (TPSA) is 100 Å². The highest BCUT2D eigenvalue weighted by Gasteiger charge is 2.15. The van der Waals surface area contributed by atoms with Gasteiger partial charge in [0, 0.05) is 38.4 Å². The van der Waals surface area contributed by atoms with Crippen LogP contribution in [0.2, 0.25) is 0 Å². The van der Waals surface area contributed by atoms with Gasteiger partial charge in [-0.05, 0) is 57.7 Å². The van der Waals surface area contributed by atoms with E-state index in [9.17, 15) is 8.42 Å². The first-order valence-electron chi connectivity index (χ1n) is 10.5. The fourth-order valence-electron chi connectivity index (χ4n) is 3.46. The van der Waals surface area contributed by atoms with Crippen LogP contribution in [0.5, 0.6) is 0 Å².